The summed E-state index contributed by atoms with van der Waals surface area (Å²) in [6, 6.07) is 10.2. The monoisotopic (exact) mass is 505 g/mol. The topological polar surface area (TPSA) is 104 Å². The van der Waals surface area contributed by atoms with E-state index in [1.54, 1.807) is 24.8 Å². The van der Waals surface area contributed by atoms with Crippen molar-refractivity contribution in [3.63, 3.8) is 0 Å². The number of rotatable bonds is 8. The molecule has 38 heavy (non-hydrogen) atoms. The second kappa shape index (κ2) is 10.3. The Bertz CT molecular complexity index is 1660. The van der Waals surface area contributed by atoms with Crippen LogP contribution >= 0.6 is 0 Å². The summed E-state index contributed by atoms with van der Waals surface area (Å²) in [7, 11) is 0. The van der Waals surface area contributed by atoms with E-state index in [9.17, 15) is 4.79 Å². The summed E-state index contributed by atoms with van der Waals surface area (Å²) >= 11 is 0. The van der Waals surface area contributed by atoms with Gasteiger partial charge in [0.25, 0.3) is 0 Å². The minimum atomic E-state index is -0.0137. The number of carbonyl (C=O) groups is 1. The van der Waals surface area contributed by atoms with Gasteiger partial charge in [-0.25, -0.2) is 4.98 Å². The maximum Gasteiger partial charge on any atom is 0.224 e. The van der Waals surface area contributed by atoms with Crippen molar-refractivity contribution in [1.82, 2.24) is 29.7 Å². The minimum absolute atomic E-state index is 0.0137. The quantitative estimate of drug-likeness (QED) is 0.210. The maximum atomic E-state index is 12.3. The molecule has 0 radical (unpaired) electrons. The van der Waals surface area contributed by atoms with Gasteiger partial charge in [0.15, 0.2) is 0 Å². The second-order valence-corrected chi connectivity index (χ2v) is 9.87. The highest BCUT2D eigenvalue weighted by Crippen LogP contribution is 2.33. The lowest BCUT2D eigenvalue weighted by Crippen LogP contribution is -2.13. The lowest BCUT2D eigenvalue weighted by Gasteiger charge is -2.09. The number of aryl methyl sites for hydroxylation is 2. The summed E-state index contributed by atoms with van der Waals surface area (Å²) in [6.45, 7) is 12.0. The molecule has 8 nitrogen and oxygen atoms in total. The molecular weight excluding hydrogens is 474 g/mol. The summed E-state index contributed by atoms with van der Waals surface area (Å²) < 4.78 is 2.00. The van der Waals surface area contributed by atoms with Crippen LogP contribution in [0.3, 0.4) is 0 Å². The fourth-order valence-electron chi connectivity index (χ4n) is 4.58. The zero-order chi connectivity index (χ0) is 26.8. The number of H-pyrrole nitrogens is 2. The average Bonchev–Trinajstić information content (AvgIpc) is 3.60. The summed E-state index contributed by atoms with van der Waals surface area (Å²) in [5, 5.41) is 11.7. The van der Waals surface area contributed by atoms with E-state index in [0.717, 1.165) is 56.1 Å². The van der Waals surface area contributed by atoms with E-state index in [2.05, 4.69) is 49.2 Å². The summed E-state index contributed by atoms with van der Waals surface area (Å²) in [5.74, 6) is 0.276. The molecule has 0 atom stereocenters. The Labute approximate surface area is 221 Å². The van der Waals surface area contributed by atoms with E-state index in [0.29, 0.717) is 12.1 Å². The second-order valence-electron chi connectivity index (χ2n) is 9.87. The van der Waals surface area contributed by atoms with Crippen LogP contribution in [0.15, 0.2) is 74.0 Å². The van der Waals surface area contributed by atoms with E-state index in [4.69, 9.17) is 0 Å². The minimum Gasteiger partial charge on any atom is -0.357 e. The Balaban J connectivity index is 1.50. The molecule has 0 aliphatic carbocycles. The fraction of sp³-hybridized carbons (Fsp3) is 0.200. The summed E-state index contributed by atoms with van der Waals surface area (Å²) in [4.78, 5) is 24.5. The van der Waals surface area contributed by atoms with E-state index in [-0.39, 0.29) is 11.8 Å². The molecule has 1 aromatic carbocycles. The molecule has 4 aromatic heterocycles. The van der Waals surface area contributed by atoms with Gasteiger partial charge in [-0.15, -0.1) is 0 Å². The molecule has 0 aliphatic heterocycles. The highest BCUT2D eigenvalue weighted by molar-refractivity contribution is 5.96. The Morgan fingerprint density at radius 1 is 1.16 bits per heavy atom. The highest BCUT2D eigenvalue weighted by atomic mass is 16.1. The predicted molar refractivity (Wildman–Crippen MR) is 152 cm³/mol. The van der Waals surface area contributed by atoms with Gasteiger partial charge in [0, 0.05) is 41.0 Å². The van der Waals surface area contributed by atoms with Gasteiger partial charge in [-0.05, 0) is 55.7 Å². The zero-order valence-corrected chi connectivity index (χ0v) is 22.0. The third kappa shape index (κ3) is 5.06. The lowest BCUT2D eigenvalue weighted by atomic mass is 10.0. The largest absolute Gasteiger partial charge is 0.357 e. The molecule has 8 heteroatoms. The van der Waals surface area contributed by atoms with Crippen LogP contribution in [0.4, 0.5) is 5.69 Å². The highest BCUT2D eigenvalue weighted by Gasteiger charge is 2.17. The number of hydrogen-bond donors (Lipinski definition) is 3. The van der Waals surface area contributed by atoms with Gasteiger partial charge in [-0.2, -0.15) is 5.10 Å². The van der Waals surface area contributed by atoms with Crippen molar-refractivity contribution in [2.75, 3.05) is 5.32 Å². The molecule has 0 saturated carbocycles. The van der Waals surface area contributed by atoms with Crippen molar-refractivity contribution >= 4 is 28.2 Å². The first-order chi connectivity index (χ1) is 18.3. The van der Waals surface area contributed by atoms with Crippen LogP contribution in [-0.2, 0) is 4.79 Å². The molecule has 5 rings (SSSR count). The van der Waals surface area contributed by atoms with E-state index in [1.165, 1.54) is 0 Å². The molecule has 0 saturated heterocycles. The Hall–Kier alpha value is -4.72. The van der Waals surface area contributed by atoms with Crippen LogP contribution in [0.25, 0.3) is 39.1 Å². The van der Waals surface area contributed by atoms with E-state index < -0.39 is 0 Å². The molecule has 1 amide bonds. The maximum absolute atomic E-state index is 12.3. The summed E-state index contributed by atoms with van der Waals surface area (Å²) in [5.41, 5.74) is 9.21. The molecule has 4 heterocycles. The first-order valence-corrected chi connectivity index (χ1v) is 12.6. The van der Waals surface area contributed by atoms with Crippen LogP contribution in [-0.4, -0.2) is 35.6 Å². The van der Waals surface area contributed by atoms with E-state index >= 15 is 0 Å². The molecule has 0 bridgehead atoms. The number of aromatic amines is 2. The predicted octanol–water partition coefficient (Wildman–Crippen LogP) is 6.49. The van der Waals surface area contributed by atoms with Crippen LogP contribution in [0.5, 0.6) is 0 Å². The van der Waals surface area contributed by atoms with Crippen molar-refractivity contribution < 1.29 is 4.79 Å². The number of allylic oxidation sites excluding steroid dienone is 2. The normalized spacial score (nSPS) is 11.9. The van der Waals surface area contributed by atoms with Crippen molar-refractivity contribution in [1.29, 1.82) is 0 Å². The molecule has 0 unspecified atom stereocenters. The number of anilines is 1. The van der Waals surface area contributed by atoms with E-state index in [1.807, 2.05) is 62.7 Å². The van der Waals surface area contributed by atoms with Crippen LogP contribution in [0, 0.1) is 19.8 Å². The van der Waals surface area contributed by atoms with Gasteiger partial charge in [-0.1, -0.05) is 32.6 Å². The number of nitrogens with one attached hydrogen (secondary N) is 3. The molecule has 5 aromatic rings. The third-order valence-corrected chi connectivity index (χ3v) is 6.32. The van der Waals surface area contributed by atoms with Crippen molar-refractivity contribution in [2.24, 2.45) is 5.92 Å². The molecular formula is C30H31N7O. The number of nitrogens with zero attached hydrogens (tertiary/aromatic N) is 4. The first-order valence-electron chi connectivity index (χ1n) is 12.6. The zero-order valence-electron chi connectivity index (χ0n) is 22.0. The number of fused-ring (bicyclic) bond motifs is 1. The van der Waals surface area contributed by atoms with Gasteiger partial charge in [0.2, 0.25) is 5.91 Å². The summed E-state index contributed by atoms with van der Waals surface area (Å²) in [6.07, 6.45) is 11.5. The molecule has 0 spiro atoms. The van der Waals surface area contributed by atoms with Gasteiger partial charge >= 0.3 is 0 Å². The van der Waals surface area contributed by atoms with Gasteiger partial charge in [-0.3, -0.25) is 14.9 Å². The van der Waals surface area contributed by atoms with Gasteiger partial charge in [0.1, 0.15) is 5.69 Å². The fourth-order valence-corrected chi connectivity index (χ4v) is 4.58. The van der Waals surface area contributed by atoms with Crippen LogP contribution < -0.4 is 5.32 Å². The number of imidazole rings is 1. The van der Waals surface area contributed by atoms with Crippen molar-refractivity contribution in [2.45, 2.75) is 34.1 Å². The number of benzene rings is 1. The Morgan fingerprint density at radius 3 is 2.74 bits per heavy atom. The lowest BCUT2D eigenvalue weighted by molar-refractivity contribution is -0.116. The number of carbonyl (C=O) groups excluding carboxylic acids is 1. The standard InChI is InChI=1S/C30H31N7O/c1-6-7-28(37-16-19(4)32-17-37)24-13-27(33-20(24)5)30-25-12-21(8-9-26(25)35-36-30)22-11-23(15-31-14-22)34-29(38)10-18(2)3/h6-9,11-18,33H,1,10H2,2-5H3,(H,34,38)(H,35,36)/b28-7+. The number of aromatic nitrogens is 6. The third-order valence-electron chi connectivity index (χ3n) is 6.32. The smallest absolute Gasteiger partial charge is 0.224 e. The molecule has 3 N–H and O–H groups in total. The Kier molecular flexibility index (Phi) is 6.79. The van der Waals surface area contributed by atoms with Crippen molar-refractivity contribution in [3.8, 4) is 22.5 Å². The number of pyridine rings is 1. The SMILES string of the molecule is C=C/C=C(\c1cc(-c2n[nH]c3ccc(-c4cncc(NC(=O)CC(C)C)c4)cc23)[nH]c1C)n1cnc(C)c1. The molecule has 0 aliphatic rings. The number of hydrogen-bond acceptors (Lipinski definition) is 4. The molecule has 0 fully saturated rings. The van der Waals surface area contributed by atoms with Crippen LogP contribution in [0.2, 0.25) is 0 Å². The molecule has 192 valence electrons. The van der Waals surface area contributed by atoms with Crippen LogP contribution in [0.1, 0.15) is 37.2 Å². The van der Waals surface area contributed by atoms with Crippen molar-refractivity contribution in [3.05, 3.63) is 90.9 Å². The first kappa shape index (κ1) is 25.0. The average molecular weight is 506 g/mol. The Morgan fingerprint density at radius 2 is 2.00 bits per heavy atom. The number of amides is 1. The van der Waals surface area contributed by atoms with Gasteiger partial charge < -0.3 is 14.9 Å². The van der Waals surface area contributed by atoms with Gasteiger partial charge in [0.05, 0.1) is 40.8 Å².